The molecule has 0 aliphatic carbocycles. The average molecular weight is 207 g/mol. The lowest BCUT2D eigenvalue weighted by atomic mass is 10.3. The van der Waals surface area contributed by atoms with E-state index in [1.807, 2.05) is 0 Å². The molecule has 0 spiro atoms. The van der Waals surface area contributed by atoms with E-state index in [1.165, 1.54) is 18.2 Å². The summed E-state index contributed by atoms with van der Waals surface area (Å²) in [5.74, 6) is -0.0487. The lowest BCUT2D eigenvalue weighted by molar-refractivity contribution is 0.475. The van der Waals surface area contributed by atoms with Gasteiger partial charge in [-0.15, -0.1) is 0 Å². The van der Waals surface area contributed by atoms with E-state index in [2.05, 4.69) is 0 Å². The molecule has 3 nitrogen and oxygen atoms in total. The van der Waals surface area contributed by atoms with E-state index in [0.717, 1.165) is 6.26 Å². The lowest BCUT2D eigenvalue weighted by Crippen LogP contribution is -1.97. The summed E-state index contributed by atoms with van der Waals surface area (Å²) in [5, 5.41) is 8.96. The third-order valence-electron chi connectivity index (χ3n) is 1.31. The number of benzene rings is 1. The van der Waals surface area contributed by atoms with E-state index >= 15 is 0 Å². The van der Waals surface area contributed by atoms with E-state index in [9.17, 15) is 8.42 Å². The minimum absolute atomic E-state index is 0.0296. The summed E-state index contributed by atoms with van der Waals surface area (Å²) in [6, 6.07) is 3.74. The molecule has 1 aromatic carbocycles. The minimum atomic E-state index is -3.29. The van der Waals surface area contributed by atoms with E-state index in [-0.39, 0.29) is 15.7 Å². The Morgan fingerprint density at radius 3 is 2.42 bits per heavy atom. The monoisotopic (exact) mass is 206 g/mol. The summed E-state index contributed by atoms with van der Waals surface area (Å²) in [5.41, 5.74) is 0. The molecular formula is C7H7ClO3S. The van der Waals surface area contributed by atoms with Gasteiger partial charge in [-0.1, -0.05) is 11.6 Å². The number of rotatable bonds is 1. The summed E-state index contributed by atoms with van der Waals surface area (Å²) >= 11 is 5.57. The van der Waals surface area contributed by atoms with Crippen molar-refractivity contribution in [3.05, 3.63) is 23.2 Å². The van der Waals surface area contributed by atoms with Crippen LogP contribution in [0.4, 0.5) is 0 Å². The third kappa shape index (κ3) is 1.89. The van der Waals surface area contributed by atoms with Gasteiger partial charge in [-0.3, -0.25) is 0 Å². The molecule has 1 rings (SSSR count). The van der Waals surface area contributed by atoms with Gasteiger partial charge in [0.2, 0.25) is 0 Å². The fourth-order valence-corrected chi connectivity index (χ4v) is 2.11. The normalized spacial score (nSPS) is 11.5. The Morgan fingerprint density at radius 2 is 2.00 bits per heavy atom. The molecule has 0 saturated heterocycles. The van der Waals surface area contributed by atoms with Crippen molar-refractivity contribution in [2.45, 2.75) is 4.90 Å². The van der Waals surface area contributed by atoms with Crippen molar-refractivity contribution in [1.82, 2.24) is 0 Å². The van der Waals surface area contributed by atoms with Gasteiger partial charge in [0.1, 0.15) is 5.75 Å². The van der Waals surface area contributed by atoms with Crippen molar-refractivity contribution in [2.24, 2.45) is 0 Å². The van der Waals surface area contributed by atoms with Crippen LogP contribution < -0.4 is 0 Å². The quantitative estimate of drug-likeness (QED) is 0.757. The second-order valence-corrected chi connectivity index (χ2v) is 4.78. The Kier molecular flexibility index (Phi) is 2.30. The topological polar surface area (TPSA) is 54.4 Å². The minimum Gasteiger partial charge on any atom is -0.508 e. The van der Waals surface area contributed by atoms with Crippen LogP contribution >= 0.6 is 11.6 Å². The number of phenols is 1. The molecule has 12 heavy (non-hydrogen) atoms. The third-order valence-corrected chi connectivity index (χ3v) is 2.89. The Bertz CT molecular complexity index is 397. The summed E-state index contributed by atoms with van der Waals surface area (Å²) in [6.07, 6.45) is 1.06. The molecule has 0 radical (unpaired) electrons. The molecule has 0 heterocycles. The predicted octanol–water partition coefficient (Wildman–Crippen LogP) is 1.45. The summed E-state index contributed by atoms with van der Waals surface area (Å²) in [4.78, 5) is 0.0296. The standard InChI is InChI=1S/C7H7ClO3S/c1-12(10,11)7-3-2-5(9)4-6(7)8/h2-4,9H,1H3. The van der Waals surface area contributed by atoms with Crippen LogP contribution in [0.1, 0.15) is 0 Å². The highest BCUT2D eigenvalue weighted by atomic mass is 35.5. The van der Waals surface area contributed by atoms with Crippen molar-refractivity contribution >= 4 is 21.4 Å². The molecule has 1 aromatic rings. The second-order valence-electron chi connectivity index (χ2n) is 2.39. The zero-order valence-electron chi connectivity index (χ0n) is 6.28. The van der Waals surface area contributed by atoms with Crippen LogP contribution in [0.5, 0.6) is 5.75 Å². The zero-order chi connectivity index (χ0) is 9.35. The molecule has 0 unspecified atom stereocenters. The van der Waals surface area contributed by atoms with Crippen LogP contribution in [-0.2, 0) is 9.84 Å². The maximum atomic E-state index is 11.0. The largest absolute Gasteiger partial charge is 0.508 e. The van der Waals surface area contributed by atoms with Crippen LogP contribution in [0.2, 0.25) is 5.02 Å². The summed E-state index contributed by atoms with van der Waals surface area (Å²) < 4.78 is 22.0. The number of aromatic hydroxyl groups is 1. The van der Waals surface area contributed by atoms with E-state index in [0.29, 0.717) is 0 Å². The lowest BCUT2D eigenvalue weighted by Gasteiger charge is -2.00. The molecule has 0 aliphatic heterocycles. The van der Waals surface area contributed by atoms with Crippen molar-refractivity contribution < 1.29 is 13.5 Å². The van der Waals surface area contributed by atoms with E-state index in [4.69, 9.17) is 16.7 Å². The second kappa shape index (κ2) is 2.95. The molecule has 0 atom stereocenters. The first kappa shape index (κ1) is 9.35. The number of halogens is 1. The molecule has 0 aliphatic rings. The first-order valence-electron chi connectivity index (χ1n) is 3.10. The highest BCUT2D eigenvalue weighted by molar-refractivity contribution is 7.90. The van der Waals surface area contributed by atoms with Crippen LogP contribution in [-0.4, -0.2) is 19.8 Å². The Labute approximate surface area is 75.5 Å². The van der Waals surface area contributed by atoms with Crippen molar-refractivity contribution in [3.8, 4) is 5.75 Å². The summed E-state index contributed by atoms with van der Waals surface area (Å²) in [7, 11) is -3.29. The Morgan fingerprint density at radius 1 is 1.42 bits per heavy atom. The first-order valence-corrected chi connectivity index (χ1v) is 5.37. The fraction of sp³-hybridized carbons (Fsp3) is 0.143. The van der Waals surface area contributed by atoms with Gasteiger partial charge in [-0.25, -0.2) is 8.42 Å². The Balaban J connectivity index is 3.39. The number of hydrogen-bond donors (Lipinski definition) is 1. The van der Waals surface area contributed by atoms with Crippen molar-refractivity contribution in [2.75, 3.05) is 6.26 Å². The molecule has 5 heteroatoms. The van der Waals surface area contributed by atoms with Gasteiger partial charge in [-0.2, -0.15) is 0 Å². The molecule has 1 N–H and O–H groups in total. The number of sulfone groups is 1. The summed E-state index contributed by atoms with van der Waals surface area (Å²) in [6.45, 7) is 0. The van der Waals surface area contributed by atoms with Gasteiger partial charge >= 0.3 is 0 Å². The first-order chi connectivity index (χ1) is 5.41. The molecular weight excluding hydrogens is 200 g/mol. The molecule has 0 fully saturated rings. The number of phenolic OH excluding ortho intramolecular Hbond substituents is 1. The predicted molar refractivity (Wildman–Crippen MR) is 46.2 cm³/mol. The van der Waals surface area contributed by atoms with Gasteiger partial charge in [0.05, 0.1) is 9.92 Å². The fourth-order valence-electron chi connectivity index (χ4n) is 0.790. The smallest absolute Gasteiger partial charge is 0.176 e. The highest BCUT2D eigenvalue weighted by Gasteiger charge is 2.11. The average Bonchev–Trinajstić information content (AvgIpc) is 1.83. The van der Waals surface area contributed by atoms with Crippen LogP contribution in [0.25, 0.3) is 0 Å². The highest BCUT2D eigenvalue weighted by Crippen LogP contribution is 2.24. The molecule has 0 saturated carbocycles. The van der Waals surface area contributed by atoms with Gasteiger partial charge in [-0.05, 0) is 18.2 Å². The van der Waals surface area contributed by atoms with E-state index < -0.39 is 9.84 Å². The zero-order valence-corrected chi connectivity index (χ0v) is 7.85. The molecule has 0 amide bonds. The maximum absolute atomic E-state index is 11.0. The maximum Gasteiger partial charge on any atom is 0.176 e. The molecule has 0 aromatic heterocycles. The van der Waals surface area contributed by atoms with Crippen LogP contribution in [0.3, 0.4) is 0 Å². The van der Waals surface area contributed by atoms with Crippen molar-refractivity contribution in [3.63, 3.8) is 0 Å². The van der Waals surface area contributed by atoms with Crippen LogP contribution in [0, 0.1) is 0 Å². The van der Waals surface area contributed by atoms with Gasteiger partial charge in [0.25, 0.3) is 0 Å². The molecule has 66 valence electrons. The van der Waals surface area contributed by atoms with E-state index in [1.54, 1.807) is 0 Å². The van der Waals surface area contributed by atoms with Crippen molar-refractivity contribution in [1.29, 1.82) is 0 Å². The van der Waals surface area contributed by atoms with Crippen LogP contribution in [0.15, 0.2) is 23.1 Å². The SMILES string of the molecule is CS(=O)(=O)c1ccc(O)cc1Cl. The van der Waals surface area contributed by atoms with Gasteiger partial charge < -0.3 is 5.11 Å². The van der Waals surface area contributed by atoms with Gasteiger partial charge in [0, 0.05) is 6.26 Å². The number of hydrogen-bond acceptors (Lipinski definition) is 3. The molecule has 0 bridgehead atoms. The Hall–Kier alpha value is -0.740. The van der Waals surface area contributed by atoms with Gasteiger partial charge in [0.15, 0.2) is 9.84 Å².